The van der Waals surface area contributed by atoms with E-state index in [0.717, 1.165) is 19.4 Å². The van der Waals surface area contributed by atoms with Gasteiger partial charge in [-0.05, 0) is 18.8 Å². The summed E-state index contributed by atoms with van der Waals surface area (Å²) in [6, 6.07) is 0. The second-order valence-electron chi connectivity index (χ2n) is 3.56. The molecule has 0 rings (SSSR count). The van der Waals surface area contributed by atoms with Crippen molar-refractivity contribution in [2.24, 2.45) is 5.92 Å². The van der Waals surface area contributed by atoms with Gasteiger partial charge in [-0.1, -0.05) is 32.1 Å². The van der Waals surface area contributed by atoms with Crippen molar-refractivity contribution in [3.8, 4) is 6.19 Å². The van der Waals surface area contributed by atoms with Crippen LogP contribution >= 0.6 is 0 Å². The number of allylic oxidation sites excluding steroid dienone is 1. The zero-order valence-electron chi connectivity index (χ0n) is 9.13. The van der Waals surface area contributed by atoms with Gasteiger partial charge in [0.05, 0.1) is 0 Å². The van der Waals surface area contributed by atoms with Crippen LogP contribution in [0.15, 0.2) is 12.7 Å². The van der Waals surface area contributed by atoms with E-state index in [1.165, 1.54) is 19.2 Å². The largest absolute Gasteiger partial charge is 0.324 e. The Morgan fingerprint density at radius 2 is 2.36 bits per heavy atom. The number of rotatable bonds is 9. The summed E-state index contributed by atoms with van der Waals surface area (Å²) in [5, 5.41) is 11.0. The van der Waals surface area contributed by atoms with E-state index >= 15 is 0 Å². The maximum absolute atomic E-state index is 8.34. The van der Waals surface area contributed by atoms with Crippen LogP contribution in [0, 0.1) is 17.4 Å². The Morgan fingerprint density at radius 3 is 2.93 bits per heavy atom. The molecule has 0 aliphatic carbocycles. The van der Waals surface area contributed by atoms with Crippen molar-refractivity contribution in [3.63, 3.8) is 0 Å². The number of hydrogen-bond acceptors (Lipinski definition) is 2. The van der Waals surface area contributed by atoms with Gasteiger partial charge in [-0.2, -0.15) is 5.26 Å². The third-order valence-electron chi connectivity index (χ3n) is 2.36. The fourth-order valence-corrected chi connectivity index (χ4v) is 1.56. The van der Waals surface area contributed by atoms with E-state index in [4.69, 9.17) is 5.26 Å². The van der Waals surface area contributed by atoms with E-state index in [0.29, 0.717) is 5.92 Å². The van der Waals surface area contributed by atoms with Crippen molar-refractivity contribution in [3.05, 3.63) is 12.7 Å². The molecule has 1 N–H and O–H groups in total. The maximum atomic E-state index is 8.34. The lowest BCUT2D eigenvalue weighted by Gasteiger charge is -2.13. The number of nitrogens with one attached hydrogen (secondary N) is 1. The van der Waals surface area contributed by atoms with Gasteiger partial charge in [-0.15, -0.1) is 6.58 Å². The van der Waals surface area contributed by atoms with Crippen molar-refractivity contribution in [2.45, 2.75) is 38.8 Å². The van der Waals surface area contributed by atoms with Crippen LogP contribution in [0.3, 0.4) is 0 Å². The molecular formula is C11H20BN2. The number of nitriles is 1. The molecule has 0 aliphatic heterocycles. The average Bonchev–Trinajstić information content (AvgIpc) is 2.18. The van der Waals surface area contributed by atoms with Crippen molar-refractivity contribution >= 4 is 7.28 Å². The van der Waals surface area contributed by atoms with Gasteiger partial charge in [-0.25, -0.2) is 0 Å². The van der Waals surface area contributed by atoms with Crippen LogP contribution in [-0.4, -0.2) is 13.8 Å². The van der Waals surface area contributed by atoms with Crippen LogP contribution in [0.1, 0.15) is 25.7 Å². The molecule has 0 saturated carbocycles. The average molecular weight is 191 g/mol. The van der Waals surface area contributed by atoms with Crippen molar-refractivity contribution in [1.82, 2.24) is 5.32 Å². The minimum Gasteiger partial charge on any atom is -0.324 e. The lowest BCUT2D eigenvalue weighted by atomic mass is 9.75. The van der Waals surface area contributed by atoms with Gasteiger partial charge < -0.3 is 5.32 Å². The first kappa shape index (κ1) is 13.1. The molecule has 1 unspecified atom stereocenters. The summed E-state index contributed by atoms with van der Waals surface area (Å²) < 4.78 is 0. The number of hydrogen-bond donors (Lipinski definition) is 1. The van der Waals surface area contributed by atoms with E-state index < -0.39 is 0 Å². The van der Waals surface area contributed by atoms with Gasteiger partial charge in [0.25, 0.3) is 0 Å². The molecule has 1 radical (unpaired) electrons. The highest BCUT2D eigenvalue weighted by Crippen LogP contribution is 2.16. The van der Waals surface area contributed by atoms with E-state index in [1.54, 1.807) is 0 Å². The summed E-state index contributed by atoms with van der Waals surface area (Å²) in [7, 11) is 2.21. The van der Waals surface area contributed by atoms with Crippen LogP contribution < -0.4 is 5.32 Å². The Morgan fingerprint density at radius 1 is 1.57 bits per heavy atom. The highest BCUT2D eigenvalue weighted by atomic mass is 14.8. The summed E-state index contributed by atoms with van der Waals surface area (Å²) in [5.41, 5.74) is 0. The predicted molar refractivity (Wildman–Crippen MR) is 62.2 cm³/mol. The first-order valence-electron chi connectivity index (χ1n) is 5.35. The third kappa shape index (κ3) is 7.73. The molecule has 0 aromatic heterocycles. The second-order valence-corrected chi connectivity index (χ2v) is 3.56. The molecule has 77 valence electrons. The van der Waals surface area contributed by atoms with Gasteiger partial charge in [0.2, 0.25) is 0 Å². The highest BCUT2D eigenvalue weighted by Gasteiger charge is 2.05. The van der Waals surface area contributed by atoms with Crippen LogP contribution in [0.2, 0.25) is 13.1 Å². The number of nitrogens with zero attached hydrogens (tertiary/aromatic N) is 1. The molecule has 3 heteroatoms. The standard InChI is InChI=1S/C11H20BN2/c1-3-5-11(6-4-8-12-2)7-9-14-10-13/h3,11,14H,1,4-9H2,2H3. The second kappa shape index (κ2) is 10.2. The van der Waals surface area contributed by atoms with Gasteiger partial charge in [0.1, 0.15) is 7.28 Å². The lowest BCUT2D eigenvalue weighted by Crippen LogP contribution is -2.12. The van der Waals surface area contributed by atoms with Crippen molar-refractivity contribution < 1.29 is 0 Å². The van der Waals surface area contributed by atoms with Crippen molar-refractivity contribution in [2.75, 3.05) is 6.54 Å². The summed E-state index contributed by atoms with van der Waals surface area (Å²) >= 11 is 0. The molecule has 2 nitrogen and oxygen atoms in total. The molecule has 0 aromatic carbocycles. The predicted octanol–water partition coefficient (Wildman–Crippen LogP) is 2.59. The molecule has 14 heavy (non-hydrogen) atoms. The zero-order valence-corrected chi connectivity index (χ0v) is 9.13. The Bertz CT molecular complexity index is 175. The SMILES string of the molecule is C=CCC(CCC[B]C)CCNC#N. The third-order valence-corrected chi connectivity index (χ3v) is 2.36. The Balaban J connectivity index is 3.55. The van der Waals surface area contributed by atoms with E-state index in [-0.39, 0.29) is 0 Å². The van der Waals surface area contributed by atoms with Gasteiger partial charge in [0, 0.05) is 6.54 Å². The molecule has 0 aliphatic rings. The fraction of sp³-hybridized carbons (Fsp3) is 0.727. The van der Waals surface area contributed by atoms with Crippen LogP contribution in [0.4, 0.5) is 0 Å². The zero-order chi connectivity index (χ0) is 10.6. The fourth-order valence-electron chi connectivity index (χ4n) is 1.56. The van der Waals surface area contributed by atoms with Crippen LogP contribution in [0.25, 0.3) is 0 Å². The Kier molecular flexibility index (Phi) is 9.52. The van der Waals surface area contributed by atoms with Gasteiger partial charge in [-0.3, -0.25) is 0 Å². The summed E-state index contributed by atoms with van der Waals surface area (Å²) in [4.78, 5) is 0. The molecule has 0 amide bonds. The molecule has 0 saturated heterocycles. The Hall–Kier alpha value is -0.905. The van der Waals surface area contributed by atoms with Crippen LogP contribution in [0.5, 0.6) is 0 Å². The summed E-state index contributed by atoms with van der Waals surface area (Å²) in [5.74, 6) is 0.688. The summed E-state index contributed by atoms with van der Waals surface area (Å²) in [6.07, 6.45) is 9.75. The lowest BCUT2D eigenvalue weighted by molar-refractivity contribution is 0.447. The quantitative estimate of drug-likeness (QED) is 0.200. The highest BCUT2D eigenvalue weighted by molar-refractivity contribution is 6.33. The molecule has 0 spiro atoms. The normalized spacial score (nSPS) is 11.4. The minimum absolute atomic E-state index is 0.688. The van der Waals surface area contributed by atoms with Gasteiger partial charge >= 0.3 is 0 Å². The molecule has 0 bridgehead atoms. The molecular weight excluding hydrogens is 171 g/mol. The van der Waals surface area contributed by atoms with Crippen LogP contribution in [-0.2, 0) is 0 Å². The smallest absolute Gasteiger partial charge is 0.176 e. The van der Waals surface area contributed by atoms with E-state index in [2.05, 4.69) is 26.0 Å². The first-order valence-corrected chi connectivity index (χ1v) is 5.35. The first-order chi connectivity index (χ1) is 6.85. The van der Waals surface area contributed by atoms with E-state index in [1.807, 2.05) is 12.3 Å². The topological polar surface area (TPSA) is 35.8 Å². The molecule has 0 aromatic rings. The maximum Gasteiger partial charge on any atom is 0.176 e. The Labute approximate surface area is 88.6 Å². The summed E-state index contributed by atoms with van der Waals surface area (Å²) in [6.45, 7) is 6.66. The van der Waals surface area contributed by atoms with E-state index in [9.17, 15) is 0 Å². The monoisotopic (exact) mass is 191 g/mol. The molecule has 1 atom stereocenters. The van der Waals surface area contributed by atoms with Crippen molar-refractivity contribution in [1.29, 1.82) is 5.26 Å². The molecule has 0 fully saturated rings. The van der Waals surface area contributed by atoms with Gasteiger partial charge in [0.15, 0.2) is 6.19 Å². The molecule has 0 heterocycles. The minimum atomic E-state index is 0.688.